The maximum atomic E-state index is 10.7. The van der Waals surface area contributed by atoms with Crippen LogP contribution in [-0.2, 0) is 11.2 Å². The molecule has 6 heteroatoms. The maximum Gasteiger partial charge on any atom is 0.219 e. The predicted octanol–water partition coefficient (Wildman–Crippen LogP) is 1.37. The molecule has 3 N–H and O–H groups in total. The first-order valence-corrected chi connectivity index (χ1v) is 5.46. The number of carbonyl (C=O) groups is 1. The molecule has 1 unspecified atom stereocenters. The highest BCUT2D eigenvalue weighted by molar-refractivity contribution is 6.30. The molecule has 1 aromatic heterocycles. The van der Waals surface area contributed by atoms with E-state index in [2.05, 4.69) is 15.3 Å². The molecule has 0 aromatic carbocycles. The Morgan fingerprint density at radius 1 is 1.62 bits per heavy atom. The molecule has 0 aliphatic carbocycles. The minimum atomic E-state index is -0.349. The quantitative estimate of drug-likeness (QED) is 0.764. The van der Waals surface area contributed by atoms with Gasteiger partial charge in [-0.25, -0.2) is 9.97 Å². The van der Waals surface area contributed by atoms with Crippen LogP contribution < -0.4 is 11.1 Å². The lowest BCUT2D eigenvalue weighted by atomic mass is 10.2. The number of hydrogen-bond acceptors (Lipinski definition) is 4. The van der Waals surface area contributed by atoms with Crippen molar-refractivity contribution in [3.63, 3.8) is 0 Å². The number of nitrogens with two attached hydrogens (primary N) is 1. The monoisotopic (exact) mass is 242 g/mol. The third-order valence-corrected chi connectivity index (χ3v) is 2.46. The highest BCUT2D eigenvalue weighted by Crippen LogP contribution is 2.20. The van der Waals surface area contributed by atoms with E-state index in [9.17, 15) is 4.79 Å². The number of nitrogens with zero attached hydrogens (tertiary/aromatic N) is 2. The van der Waals surface area contributed by atoms with Crippen molar-refractivity contribution < 1.29 is 4.79 Å². The number of aromatic nitrogens is 2. The van der Waals surface area contributed by atoms with Crippen LogP contribution in [0.3, 0.4) is 0 Å². The molecule has 1 rings (SSSR count). The van der Waals surface area contributed by atoms with Crippen LogP contribution in [-0.4, -0.2) is 21.9 Å². The Bertz CT molecular complexity index is 383. The Kier molecular flexibility index (Phi) is 4.49. The number of nitrogens with one attached hydrogen (secondary N) is 1. The summed E-state index contributed by atoms with van der Waals surface area (Å²) in [5, 5.41) is 3.53. The van der Waals surface area contributed by atoms with E-state index in [1.807, 2.05) is 13.8 Å². The van der Waals surface area contributed by atoms with Crippen molar-refractivity contribution >= 4 is 23.3 Å². The molecule has 1 aromatic rings. The summed E-state index contributed by atoms with van der Waals surface area (Å²) in [7, 11) is 0. The fourth-order valence-corrected chi connectivity index (χ4v) is 1.68. The normalized spacial score (nSPS) is 12.2. The summed E-state index contributed by atoms with van der Waals surface area (Å²) >= 11 is 5.94. The van der Waals surface area contributed by atoms with E-state index >= 15 is 0 Å². The summed E-state index contributed by atoms with van der Waals surface area (Å²) in [5.74, 6) is 0.314. The summed E-state index contributed by atoms with van der Waals surface area (Å²) in [6, 6.07) is -0.0752. The first-order chi connectivity index (χ1) is 7.54. The molecule has 1 amide bonds. The molecule has 5 nitrogen and oxygen atoms in total. The lowest BCUT2D eigenvalue weighted by molar-refractivity contribution is -0.118. The van der Waals surface area contributed by atoms with E-state index in [-0.39, 0.29) is 18.4 Å². The summed E-state index contributed by atoms with van der Waals surface area (Å²) < 4.78 is 0. The maximum absolute atomic E-state index is 10.7. The zero-order valence-electron chi connectivity index (χ0n) is 9.33. The van der Waals surface area contributed by atoms with Gasteiger partial charge in [-0.3, -0.25) is 4.79 Å². The first kappa shape index (κ1) is 12.7. The van der Waals surface area contributed by atoms with Gasteiger partial charge in [-0.2, -0.15) is 0 Å². The number of anilines is 1. The van der Waals surface area contributed by atoms with Gasteiger partial charge < -0.3 is 11.1 Å². The molecule has 0 radical (unpaired) electrons. The van der Waals surface area contributed by atoms with Crippen LogP contribution in [0.2, 0.25) is 5.15 Å². The molecule has 0 aliphatic rings. The summed E-state index contributed by atoms with van der Waals surface area (Å²) in [6.45, 7) is 3.83. The molecule has 1 heterocycles. The summed E-state index contributed by atoms with van der Waals surface area (Å²) in [4.78, 5) is 18.7. The number of halogens is 1. The van der Waals surface area contributed by atoms with E-state index in [4.69, 9.17) is 17.3 Å². The minimum absolute atomic E-state index is 0.0752. The standard InChI is InChI=1S/C10H15ClN4O/c1-3-7-9(11)13-5-14-10(7)15-6(2)4-8(12)16/h5-6H,3-4H2,1-2H3,(H2,12,16)(H,13,14,15). The highest BCUT2D eigenvalue weighted by atomic mass is 35.5. The van der Waals surface area contributed by atoms with Crippen molar-refractivity contribution in [3.8, 4) is 0 Å². The van der Waals surface area contributed by atoms with Gasteiger partial charge in [0.2, 0.25) is 5.91 Å². The second-order valence-electron chi connectivity index (χ2n) is 3.56. The molecule has 0 aliphatic heterocycles. The Morgan fingerprint density at radius 3 is 2.88 bits per heavy atom. The van der Waals surface area contributed by atoms with Gasteiger partial charge in [0.05, 0.1) is 0 Å². The molecule has 0 saturated carbocycles. The van der Waals surface area contributed by atoms with Crippen LogP contribution in [0.5, 0.6) is 0 Å². The number of amides is 1. The topological polar surface area (TPSA) is 80.9 Å². The minimum Gasteiger partial charge on any atom is -0.370 e. The van der Waals surface area contributed by atoms with Gasteiger partial charge in [-0.1, -0.05) is 18.5 Å². The van der Waals surface area contributed by atoms with Gasteiger partial charge >= 0.3 is 0 Å². The lowest BCUT2D eigenvalue weighted by Crippen LogP contribution is -2.25. The van der Waals surface area contributed by atoms with Crippen molar-refractivity contribution in [3.05, 3.63) is 17.0 Å². The smallest absolute Gasteiger partial charge is 0.219 e. The Balaban J connectivity index is 2.80. The van der Waals surface area contributed by atoms with Crippen LogP contribution in [0.1, 0.15) is 25.8 Å². The van der Waals surface area contributed by atoms with Crippen LogP contribution in [0.15, 0.2) is 6.33 Å². The second-order valence-corrected chi connectivity index (χ2v) is 3.92. The molecular weight excluding hydrogens is 228 g/mol. The van der Waals surface area contributed by atoms with Crippen molar-refractivity contribution in [2.24, 2.45) is 5.73 Å². The van der Waals surface area contributed by atoms with E-state index in [0.29, 0.717) is 11.0 Å². The van der Waals surface area contributed by atoms with Crippen LogP contribution in [0.25, 0.3) is 0 Å². The Hall–Kier alpha value is -1.36. The second kappa shape index (κ2) is 5.65. The van der Waals surface area contributed by atoms with Crippen molar-refractivity contribution in [1.82, 2.24) is 9.97 Å². The third-order valence-electron chi connectivity index (χ3n) is 2.14. The summed E-state index contributed by atoms with van der Waals surface area (Å²) in [6.07, 6.45) is 2.37. The van der Waals surface area contributed by atoms with Gasteiger partial charge in [0, 0.05) is 18.0 Å². The first-order valence-electron chi connectivity index (χ1n) is 5.08. The fraction of sp³-hybridized carbons (Fsp3) is 0.500. The number of rotatable bonds is 5. The van der Waals surface area contributed by atoms with E-state index in [0.717, 1.165) is 12.0 Å². The van der Waals surface area contributed by atoms with Gasteiger partial charge in [0.25, 0.3) is 0 Å². The fourth-order valence-electron chi connectivity index (χ4n) is 1.41. The van der Waals surface area contributed by atoms with Gasteiger partial charge in [0.15, 0.2) is 0 Å². The molecule has 16 heavy (non-hydrogen) atoms. The molecule has 88 valence electrons. The number of carbonyl (C=O) groups excluding carboxylic acids is 1. The molecule has 0 spiro atoms. The summed E-state index contributed by atoms with van der Waals surface area (Å²) in [5.41, 5.74) is 5.96. The van der Waals surface area contributed by atoms with Gasteiger partial charge in [-0.05, 0) is 13.3 Å². The highest BCUT2D eigenvalue weighted by Gasteiger charge is 2.11. The average Bonchev–Trinajstić information content (AvgIpc) is 2.16. The molecular formula is C10H15ClN4O. The van der Waals surface area contributed by atoms with Crippen LogP contribution in [0, 0.1) is 0 Å². The Labute approximate surface area is 99.4 Å². The van der Waals surface area contributed by atoms with E-state index < -0.39 is 0 Å². The van der Waals surface area contributed by atoms with Gasteiger partial charge in [-0.15, -0.1) is 0 Å². The molecule has 0 saturated heterocycles. The van der Waals surface area contributed by atoms with Crippen molar-refractivity contribution in [2.75, 3.05) is 5.32 Å². The lowest BCUT2D eigenvalue weighted by Gasteiger charge is -2.15. The van der Waals surface area contributed by atoms with E-state index in [1.165, 1.54) is 6.33 Å². The van der Waals surface area contributed by atoms with Crippen molar-refractivity contribution in [1.29, 1.82) is 0 Å². The largest absolute Gasteiger partial charge is 0.370 e. The Morgan fingerprint density at radius 2 is 2.31 bits per heavy atom. The van der Waals surface area contributed by atoms with Crippen LogP contribution in [0.4, 0.5) is 5.82 Å². The molecule has 0 bridgehead atoms. The average molecular weight is 243 g/mol. The predicted molar refractivity (Wildman–Crippen MR) is 63.3 cm³/mol. The van der Waals surface area contributed by atoms with E-state index in [1.54, 1.807) is 0 Å². The SMILES string of the molecule is CCc1c(Cl)ncnc1NC(C)CC(N)=O. The van der Waals surface area contributed by atoms with Crippen molar-refractivity contribution in [2.45, 2.75) is 32.7 Å². The number of hydrogen-bond donors (Lipinski definition) is 2. The number of primary amides is 1. The van der Waals surface area contributed by atoms with Gasteiger partial charge in [0.1, 0.15) is 17.3 Å². The zero-order valence-corrected chi connectivity index (χ0v) is 10.1. The zero-order chi connectivity index (χ0) is 12.1. The third kappa shape index (κ3) is 3.34. The van der Waals surface area contributed by atoms with Crippen LogP contribution >= 0.6 is 11.6 Å². The molecule has 1 atom stereocenters. The molecule has 0 fully saturated rings.